The van der Waals surface area contributed by atoms with Gasteiger partial charge in [0.15, 0.2) is 14.5 Å². The molecule has 14 heteroatoms. The lowest BCUT2D eigenvalue weighted by atomic mass is 10.1. The third kappa shape index (κ3) is 8.71. The maximum atomic E-state index is 6.82. The van der Waals surface area contributed by atoms with Gasteiger partial charge >= 0.3 is 0 Å². The van der Waals surface area contributed by atoms with Gasteiger partial charge in [-0.2, -0.15) is 10.2 Å². The Hall–Kier alpha value is -2.79. The zero-order valence-corrected chi connectivity index (χ0v) is 36.6. The molecule has 3 atom stereocenters. The summed E-state index contributed by atoms with van der Waals surface area (Å²) in [6, 6.07) is 2.58. The average Bonchev–Trinajstić information content (AvgIpc) is 3.75. The molecule has 1 saturated heterocycles. The van der Waals surface area contributed by atoms with Crippen LogP contribution < -0.4 is 9.47 Å². The maximum absolute atomic E-state index is 6.82. The zero-order valence-electron chi connectivity index (χ0n) is 33.4. The summed E-state index contributed by atoms with van der Waals surface area (Å²) in [5.74, 6) is 1.40. The molecule has 5 heterocycles. The summed E-state index contributed by atoms with van der Waals surface area (Å²) < 4.78 is 32.6. The third-order valence-corrected chi connectivity index (χ3v) is 16.6. The Morgan fingerprint density at radius 2 is 1.89 bits per heavy atom. The molecule has 1 aliphatic carbocycles. The van der Waals surface area contributed by atoms with Crippen LogP contribution in [0.25, 0.3) is 28.2 Å². The minimum Gasteiger partial charge on any atom is -0.476 e. The molecule has 53 heavy (non-hydrogen) atoms. The van der Waals surface area contributed by atoms with Crippen molar-refractivity contribution < 1.29 is 18.6 Å². The van der Waals surface area contributed by atoms with E-state index < -0.39 is 8.32 Å². The van der Waals surface area contributed by atoms with E-state index in [4.69, 9.17) is 38.9 Å². The number of hydrogen-bond acceptors (Lipinski definition) is 9. The van der Waals surface area contributed by atoms with E-state index in [1.54, 1.807) is 6.08 Å². The highest BCUT2D eigenvalue weighted by Gasteiger charge is 2.39. The van der Waals surface area contributed by atoms with Crippen molar-refractivity contribution in [2.75, 3.05) is 19.8 Å². The number of rotatable bonds is 16. The summed E-state index contributed by atoms with van der Waals surface area (Å²) in [7, 11) is -0.00659. The first-order valence-corrected chi connectivity index (χ1v) is 23.2. The third-order valence-electron chi connectivity index (χ3n) is 10.9. The second-order valence-corrected chi connectivity index (χ2v) is 22.1. The van der Waals surface area contributed by atoms with Crippen molar-refractivity contribution in [1.82, 2.24) is 39.2 Å². The number of nitrogens with zero attached hydrogens (tertiary/aromatic N) is 8. The van der Waals surface area contributed by atoms with Crippen LogP contribution in [-0.4, -0.2) is 85.6 Å². The van der Waals surface area contributed by atoms with Crippen molar-refractivity contribution in [3.63, 3.8) is 0 Å². The van der Waals surface area contributed by atoms with E-state index in [9.17, 15) is 0 Å². The highest BCUT2D eigenvalue weighted by atomic mass is 127. The number of pyridine rings is 1. The lowest BCUT2D eigenvalue weighted by Gasteiger charge is -2.38. The summed E-state index contributed by atoms with van der Waals surface area (Å²) in [4.78, 5) is 7.49. The van der Waals surface area contributed by atoms with Crippen LogP contribution in [0, 0.1) is 10.5 Å². The van der Waals surface area contributed by atoms with E-state index in [1.807, 2.05) is 36.5 Å². The van der Waals surface area contributed by atoms with Crippen molar-refractivity contribution >= 4 is 47.9 Å². The van der Waals surface area contributed by atoms with E-state index >= 15 is 0 Å². The van der Waals surface area contributed by atoms with Crippen LogP contribution >= 0.6 is 22.6 Å². The second kappa shape index (κ2) is 16.1. The largest absolute Gasteiger partial charge is 0.476 e. The Kier molecular flexibility index (Phi) is 12.1. The van der Waals surface area contributed by atoms with Crippen LogP contribution in [0.15, 0.2) is 18.8 Å². The molecule has 1 saturated carbocycles. The van der Waals surface area contributed by atoms with Crippen LogP contribution in [0.3, 0.4) is 0 Å². The topological polar surface area (TPSA) is 107 Å². The maximum Gasteiger partial charge on any atom is 0.246 e. The summed E-state index contributed by atoms with van der Waals surface area (Å²) in [5.41, 5.74) is 5.46. The Morgan fingerprint density at radius 1 is 1.13 bits per heavy atom. The summed E-state index contributed by atoms with van der Waals surface area (Å²) >= 11 is 2.41. The summed E-state index contributed by atoms with van der Waals surface area (Å²) in [6.07, 6.45) is 9.00. The normalized spacial score (nSPS) is 18.2. The fourth-order valence-corrected chi connectivity index (χ4v) is 9.17. The van der Waals surface area contributed by atoms with E-state index in [0.29, 0.717) is 31.0 Å². The lowest BCUT2D eigenvalue weighted by molar-refractivity contribution is -0.0367. The lowest BCUT2D eigenvalue weighted by Crippen LogP contribution is -2.44. The van der Waals surface area contributed by atoms with E-state index in [0.717, 1.165) is 81.8 Å². The van der Waals surface area contributed by atoms with Gasteiger partial charge in [-0.1, -0.05) is 27.4 Å². The molecule has 1 unspecified atom stereocenters. The molecule has 2 fully saturated rings. The van der Waals surface area contributed by atoms with Crippen molar-refractivity contribution in [2.24, 2.45) is 7.05 Å². The van der Waals surface area contributed by atoms with E-state index in [-0.39, 0.29) is 23.5 Å². The molecule has 0 bridgehead atoms. The average molecular weight is 859 g/mol. The van der Waals surface area contributed by atoms with Gasteiger partial charge in [0.05, 0.1) is 62.9 Å². The zero-order chi connectivity index (χ0) is 38.2. The fraction of sp³-hybridized carbons (Fsp3) is 0.641. The first kappa shape index (κ1) is 39.9. The SMILES string of the molecule is C=Cc1nn(C2CCCCO2)c2cnc(-c3c(C)nn(C)c3O[C@@H](C)CN(Cc3c(I)c(OCC)nn3C[C@H](C)O[Si](C)(C)C(C)(C)C)C3CC3)cc12. The molecule has 0 amide bonds. The van der Waals surface area contributed by atoms with E-state index in [2.05, 4.69) is 92.5 Å². The molecule has 6 rings (SSSR count). The van der Waals surface area contributed by atoms with Crippen LogP contribution in [-0.2, 0) is 29.3 Å². The predicted octanol–water partition coefficient (Wildman–Crippen LogP) is 8.52. The van der Waals surface area contributed by atoms with Gasteiger partial charge in [-0.15, -0.1) is 5.10 Å². The summed E-state index contributed by atoms with van der Waals surface area (Å²) in [6.45, 7) is 27.3. The van der Waals surface area contributed by atoms with Crippen LogP contribution in [0.2, 0.25) is 18.1 Å². The second-order valence-electron chi connectivity index (χ2n) is 16.3. The molecule has 12 nitrogen and oxygen atoms in total. The highest BCUT2D eigenvalue weighted by molar-refractivity contribution is 14.1. The van der Waals surface area contributed by atoms with Crippen molar-refractivity contribution in [3.05, 3.63) is 39.5 Å². The molecular weight excluding hydrogens is 799 g/mol. The van der Waals surface area contributed by atoms with Crippen LogP contribution in [0.4, 0.5) is 0 Å². The monoisotopic (exact) mass is 858 g/mol. The molecule has 0 aromatic carbocycles. The van der Waals surface area contributed by atoms with Gasteiger partial charge in [0.1, 0.15) is 6.10 Å². The Bertz CT molecular complexity index is 1900. The number of aryl methyl sites for hydroxylation is 2. The number of hydrogen-bond donors (Lipinski definition) is 0. The molecule has 290 valence electrons. The Morgan fingerprint density at radius 3 is 2.53 bits per heavy atom. The van der Waals surface area contributed by atoms with Crippen LogP contribution in [0.1, 0.15) is 97.0 Å². The van der Waals surface area contributed by atoms with Gasteiger partial charge in [0, 0.05) is 38.2 Å². The van der Waals surface area contributed by atoms with Gasteiger partial charge in [0.2, 0.25) is 11.8 Å². The standard InChI is InChI=1S/C39H59IN8O4Si/c1-12-30-29-20-31(41-21-32(29)48(43-30)34-16-14-15-19-50-34)35-27(5)42-45(9)38(35)51-25(3)22-46(28-17-18-28)24-33-36(40)37(49-13-2)44-47(33)23-26(4)52-53(10,11)39(6,7)8/h12,20-21,25-26,28,34H,1,13-19,22-24H2,2-11H3/t25-,26-,34?/m0/s1. The summed E-state index contributed by atoms with van der Waals surface area (Å²) in [5, 5.41) is 15.7. The predicted molar refractivity (Wildman–Crippen MR) is 221 cm³/mol. The van der Waals surface area contributed by atoms with Crippen molar-refractivity contribution in [1.29, 1.82) is 0 Å². The first-order chi connectivity index (χ1) is 25.1. The highest BCUT2D eigenvalue weighted by Crippen LogP contribution is 2.39. The smallest absolute Gasteiger partial charge is 0.246 e. The molecule has 4 aromatic rings. The van der Waals surface area contributed by atoms with Crippen LogP contribution in [0.5, 0.6) is 11.8 Å². The van der Waals surface area contributed by atoms with Gasteiger partial charge in [-0.25, -0.2) is 9.36 Å². The number of fused-ring (bicyclic) bond motifs is 1. The molecule has 0 spiro atoms. The molecule has 4 aromatic heterocycles. The van der Waals surface area contributed by atoms with Gasteiger partial charge in [0.25, 0.3) is 0 Å². The molecule has 1 aliphatic heterocycles. The Balaban J connectivity index is 1.23. The Labute approximate surface area is 329 Å². The minimum atomic E-state index is -1.94. The molecule has 0 radical (unpaired) electrons. The number of ether oxygens (including phenoxy) is 3. The first-order valence-electron chi connectivity index (χ1n) is 19.2. The van der Waals surface area contributed by atoms with Crippen molar-refractivity contribution in [2.45, 2.75) is 136 Å². The number of aromatic nitrogens is 7. The van der Waals surface area contributed by atoms with Gasteiger partial charge in [-0.3, -0.25) is 14.6 Å². The molecule has 0 N–H and O–H groups in total. The van der Waals surface area contributed by atoms with Gasteiger partial charge < -0.3 is 18.6 Å². The molecule has 2 aliphatic rings. The number of halogens is 1. The molecular formula is C39H59IN8O4Si. The minimum absolute atomic E-state index is 0.0216. The van der Waals surface area contributed by atoms with Gasteiger partial charge in [-0.05, 0) is 113 Å². The van der Waals surface area contributed by atoms with Crippen molar-refractivity contribution in [3.8, 4) is 23.0 Å². The van der Waals surface area contributed by atoms with E-state index in [1.165, 1.54) is 12.8 Å². The quantitative estimate of drug-likeness (QED) is 0.0810. The fourth-order valence-electron chi connectivity index (χ4n) is 7.03.